The van der Waals surface area contributed by atoms with E-state index in [2.05, 4.69) is 58.6 Å². The highest BCUT2D eigenvalue weighted by molar-refractivity contribution is 7.99. The molecule has 0 aliphatic heterocycles. The summed E-state index contributed by atoms with van der Waals surface area (Å²) in [5.74, 6) is 4.78. The lowest BCUT2D eigenvalue weighted by molar-refractivity contribution is -0.121. The molecular formula is C42H87NOS. The van der Waals surface area contributed by atoms with Gasteiger partial charge in [-0.2, -0.15) is 11.8 Å². The molecule has 0 fully saturated rings. The van der Waals surface area contributed by atoms with E-state index in [0.717, 1.165) is 37.6 Å². The van der Waals surface area contributed by atoms with Crippen molar-refractivity contribution in [1.82, 2.24) is 5.32 Å². The molecule has 3 heteroatoms. The van der Waals surface area contributed by atoms with Crippen LogP contribution in [0.5, 0.6) is 0 Å². The lowest BCUT2D eigenvalue weighted by Gasteiger charge is -2.06. The molecule has 272 valence electrons. The number of rotatable bonds is 35. The molecule has 0 aliphatic rings. The fourth-order valence-corrected chi connectivity index (χ4v) is 6.87. The molecule has 0 bridgehead atoms. The van der Waals surface area contributed by atoms with Gasteiger partial charge in [0.1, 0.15) is 0 Å². The summed E-state index contributed by atoms with van der Waals surface area (Å²) in [6.07, 6.45) is 40.5. The van der Waals surface area contributed by atoms with Crippen molar-refractivity contribution in [2.45, 2.75) is 234 Å². The minimum atomic E-state index is 0.266. The summed E-state index contributed by atoms with van der Waals surface area (Å²) >= 11 is 2.18. The van der Waals surface area contributed by atoms with Crippen LogP contribution < -0.4 is 5.32 Å². The maximum atomic E-state index is 11.9. The molecule has 0 saturated heterocycles. The van der Waals surface area contributed by atoms with Crippen molar-refractivity contribution < 1.29 is 4.79 Å². The van der Waals surface area contributed by atoms with E-state index in [4.69, 9.17) is 0 Å². The van der Waals surface area contributed by atoms with Gasteiger partial charge in [0, 0.05) is 13.0 Å². The monoisotopic (exact) mass is 654 g/mol. The summed E-state index contributed by atoms with van der Waals surface area (Å²) < 4.78 is 0. The number of hydrogen-bond donors (Lipinski definition) is 1. The Labute approximate surface area is 291 Å². The smallest absolute Gasteiger partial charge is 0.219 e. The highest BCUT2D eigenvalue weighted by atomic mass is 32.2. The van der Waals surface area contributed by atoms with Crippen LogP contribution in [0.3, 0.4) is 0 Å². The molecule has 0 radical (unpaired) electrons. The summed E-state index contributed by atoms with van der Waals surface area (Å²) in [5.41, 5.74) is 0. The quantitative estimate of drug-likeness (QED) is 0.0690. The number of carbonyl (C=O) groups is 1. The van der Waals surface area contributed by atoms with Gasteiger partial charge in [-0.3, -0.25) is 4.79 Å². The van der Waals surface area contributed by atoms with Crippen LogP contribution in [-0.2, 0) is 4.79 Å². The Bertz CT molecular complexity index is 521. The minimum absolute atomic E-state index is 0.266. The summed E-state index contributed by atoms with van der Waals surface area (Å²) in [7, 11) is 0. The Morgan fingerprint density at radius 2 is 0.778 bits per heavy atom. The van der Waals surface area contributed by atoms with Crippen LogP contribution in [0.25, 0.3) is 0 Å². The number of thioether (sulfide) groups is 1. The van der Waals surface area contributed by atoms with E-state index in [1.54, 1.807) is 0 Å². The third-order valence-electron chi connectivity index (χ3n) is 9.00. The Morgan fingerprint density at radius 3 is 1.18 bits per heavy atom. The van der Waals surface area contributed by atoms with Gasteiger partial charge in [0.25, 0.3) is 0 Å². The van der Waals surface area contributed by atoms with Crippen LogP contribution in [0, 0.1) is 11.8 Å². The fourth-order valence-electron chi connectivity index (χ4n) is 5.85. The van der Waals surface area contributed by atoms with Gasteiger partial charge < -0.3 is 5.32 Å². The van der Waals surface area contributed by atoms with Gasteiger partial charge >= 0.3 is 0 Å². The lowest BCUT2D eigenvalue weighted by atomic mass is 10.0. The van der Waals surface area contributed by atoms with E-state index >= 15 is 0 Å². The third-order valence-corrected chi connectivity index (χ3v) is 10.2. The number of hydrogen-bond acceptors (Lipinski definition) is 2. The van der Waals surface area contributed by atoms with Crippen molar-refractivity contribution in [1.29, 1.82) is 0 Å². The number of nitrogens with one attached hydrogen (secondary N) is 1. The second kappa shape index (κ2) is 41.8. The van der Waals surface area contributed by atoms with Crippen molar-refractivity contribution >= 4 is 17.7 Å². The van der Waals surface area contributed by atoms with Gasteiger partial charge in [0.2, 0.25) is 5.91 Å². The van der Waals surface area contributed by atoms with Crippen LogP contribution in [0.2, 0.25) is 0 Å². The van der Waals surface area contributed by atoms with E-state index < -0.39 is 0 Å². The van der Waals surface area contributed by atoms with E-state index in [-0.39, 0.29) is 5.91 Å². The minimum Gasteiger partial charge on any atom is -0.356 e. The van der Waals surface area contributed by atoms with Crippen LogP contribution in [0.4, 0.5) is 0 Å². The predicted octanol–water partition coefficient (Wildman–Crippen LogP) is 14.9. The summed E-state index contributed by atoms with van der Waals surface area (Å²) in [5, 5.41) is 3.10. The molecule has 0 rings (SSSR count). The van der Waals surface area contributed by atoms with Gasteiger partial charge in [0.15, 0.2) is 0 Å². The zero-order valence-electron chi connectivity index (χ0n) is 32.3. The van der Waals surface area contributed by atoms with Gasteiger partial charge in [-0.15, -0.1) is 0 Å². The standard InChI is InChI=1S/C26H53NO.C16H34S/c1-24(2)20-16-12-8-5-6-11-15-19-23-27-26(28)22-18-14-10-7-9-13-17-21-25(3)4;1-3-5-7-9-11-13-15-17-16-14-12-10-8-6-4-2/h24-25H,5-23H2,1-4H3,(H,27,28);3-16H2,1-2H3. The zero-order valence-corrected chi connectivity index (χ0v) is 33.1. The highest BCUT2D eigenvalue weighted by Gasteiger charge is 2.01. The van der Waals surface area contributed by atoms with Crippen molar-refractivity contribution in [2.24, 2.45) is 11.8 Å². The van der Waals surface area contributed by atoms with E-state index in [0.29, 0.717) is 0 Å². The topological polar surface area (TPSA) is 29.1 Å². The van der Waals surface area contributed by atoms with Crippen molar-refractivity contribution in [3.05, 3.63) is 0 Å². The normalized spacial score (nSPS) is 11.3. The maximum Gasteiger partial charge on any atom is 0.219 e. The van der Waals surface area contributed by atoms with Crippen LogP contribution >= 0.6 is 11.8 Å². The molecule has 0 unspecified atom stereocenters. The number of amides is 1. The van der Waals surface area contributed by atoms with Crippen molar-refractivity contribution in [3.63, 3.8) is 0 Å². The van der Waals surface area contributed by atoms with Gasteiger partial charge in [-0.25, -0.2) is 0 Å². The SMILES string of the molecule is CC(C)CCCCCCCCCCNC(=O)CCCCCCCCCC(C)C.CCCCCCCCSCCCCCCCC. The largest absolute Gasteiger partial charge is 0.356 e. The Hall–Kier alpha value is -0.180. The summed E-state index contributed by atoms with van der Waals surface area (Å²) in [6.45, 7) is 14.7. The zero-order chi connectivity index (χ0) is 33.5. The molecule has 0 aliphatic carbocycles. The van der Waals surface area contributed by atoms with E-state index in [1.807, 2.05) is 0 Å². The van der Waals surface area contributed by atoms with Gasteiger partial charge in [-0.1, -0.05) is 202 Å². The van der Waals surface area contributed by atoms with Gasteiger partial charge in [0.05, 0.1) is 0 Å². The van der Waals surface area contributed by atoms with Crippen LogP contribution in [-0.4, -0.2) is 24.0 Å². The van der Waals surface area contributed by atoms with Crippen molar-refractivity contribution in [2.75, 3.05) is 18.1 Å². The van der Waals surface area contributed by atoms with Crippen LogP contribution in [0.1, 0.15) is 234 Å². The fraction of sp³-hybridized carbons (Fsp3) is 0.976. The Kier molecular flexibility index (Phi) is 43.6. The Balaban J connectivity index is 0. The molecule has 2 nitrogen and oxygen atoms in total. The molecule has 45 heavy (non-hydrogen) atoms. The lowest BCUT2D eigenvalue weighted by Crippen LogP contribution is -2.23. The molecule has 0 atom stereocenters. The Morgan fingerprint density at radius 1 is 0.444 bits per heavy atom. The molecule has 0 aromatic carbocycles. The molecule has 0 heterocycles. The van der Waals surface area contributed by atoms with Crippen LogP contribution in [0.15, 0.2) is 0 Å². The summed E-state index contributed by atoms with van der Waals surface area (Å²) in [6, 6.07) is 0. The molecule has 1 N–H and O–H groups in total. The molecule has 0 aromatic heterocycles. The van der Waals surface area contributed by atoms with E-state index in [1.165, 1.54) is 185 Å². The second-order valence-electron chi connectivity index (χ2n) is 14.9. The predicted molar refractivity (Wildman–Crippen MR) is 210 cm³/mol. The first kappa shape index (κ1) is 46.9. The second-order valence-corrected chi connectivity index (χ2v) is 16.1. The molecular weight excluding hydrogens is 567 g/mol. The maximum absolute atomic E-state index is 11.9. The number of carbonyl (C=O) groups excluding carboxylic acids is 1. The van der Waals surface area contributed by atoms with Gasteiger partial charge in [-0.05, 0) is 49.0 Å². The molecule has 1 amide bonds. The van der Waals surface area contributed by atoms with Crippen molar-refractivity contribution in [3.8, 4) is 0 Å². The average Bonchev–Trinajstić information content (AvgIpc) is 3.01. The van der Waals surface area contributed by atoms with E-state index in [9.17, 15) is 4.79 Å². The molecule has 0 spiro atoms. The molecule has 0 saturated carbocycles. The first-order valence-corrected chi connectivity index (χ1v) is 21.9. The first-order chi connectivity index (χ1) is 21.9. The molecule has 0 aromatic rings. The highest BCUT2D eigenvalue weighted by Crippen LogP contribution is 2.15. The average molecular weight is 654 g/mol. The third kappa shape index (κ3) is 48.3. The summed E-state index contributed by atoms with van der Waals surface area (Å²) in [4.78, 5) is 11.9. The number of unbranched alkanes of at least 4 members (excludes halogenated alkanes) is 23. The first-order valence-electron chi connectivity index (χ1n) is 20.8.